The van der Waals surface area contributed by atoms with Crippen LogP contribution in [-0.4, -0.2) is 15.1 Å². The molecule has 2 heterocycles. The quantitative estimate of drug-likeness (QED) is 0.845. The van der Waals surface area contributed by atoms with Crippen LogP contribution in [0.25, 0.3) is 11.1 Å². The molecule has 4 heteroatoms. The monoisotopic (exact) mass is 220 g/mol. The molecule has 2 rings (SSSR count). The van der Waals surface area contributed by atoms with Crippen molar-refractivity contribution < 1.29 is 5.11 Å². The maximum atomic E-state index is 9.23. The van der Waals surface area contributed by atoms with Crippen molar-refractivity contribution in [1.82, 2.24) is 9.97 Å². The third-order valence-corrected chi connectivity index (χ3v) is 2.48. The SMILES string of the molecule is OCc1c(Cl)cncc1-c1ccncc1. The highest BCUT2D eigenvalue weighted by atomic mass is 35.5. The largest absolute Gasteiger partial charge is 0.392 e. The molecule has 2 aromatic rings. The lowest BCUT2D eigenvalue weighted by Gasteiger charge is -2.07. The van der Waals surface area contributed by atoms with E-state index in [2.05, 4.69) is 9.97 Å². The molecule has 0 spiro atoms. The predicted octanol–water partition coefficient (Wildman–Crippen LogP) is 2.29. The van der Waals surface area contributed by atoms with Gasteiger partial charge in [-0.1, -0.05) is 11.6 Å². The van der Waals surface area contributed by atoms with E-state index < -0.39 is 0 Å². The number of hydrogen-bond acceptors (Lipinski definition) is 3. The summed E-state index contributed by atoms with van der Waals surface area (Å²) in [4.78, 5) is 7.94. The van der Waals surface area contributed by atoms with Crippen molar-refractivity contribution in [3.63, 3.8) is 0 Å². The smallest absolute Gasteiger partial charge is 0.0703 e. The molecule has 76 valence electrons. The van der Waals surface area contributed by atoms with Crippen LogP contribution in [0.1, 0.15) is 5.56 Å². The van der Waals surface area contributed by atoms with Crippen molar-refractivity contribution in [2.75, 3.05) is 0 Å². The molecule has 0 bridgehead atoms. The van der Waals surface area contributed by atoms with E-state index in [4.69, 9.17) is 11.6 Å². The van der Waals surface area contributed by atoms with Crippen molar-refractivity contribution in [1.29, 1.82) is 0 Å². The molecule has 0 saturated heterocycles. The fraction of sp³-hybridized carbons (Fsp3) is 0.0909. The minimum Gasteiger partial charge on any atom is -0.392 e. The molecule has 0 aromatic carbocycles. The third kappa shape index (κ3) is 1.98. The van der Waals surface area contributed by atoms with Crippen molar-refractivity contribution in [3.05, 3.63) is 47.5 Å². The number of halogens is 1. The Kier molecular flexibility index (Phi) is 2.94. The highest BCUT2D eigenvalue weighted by Gasteiger charge is 2.08. The number of pyridine rings is 2. The summed E-state index contributed by atoms with van der Waals surface area (Å²) in [5.74, 6) is 0. The average Bonchev–Trinajstić information content (AvgIpc) is 2.30. The van der Waals surface area contributed by atoms with E-state index in [0.717, 1.165) is 11.1 Å². The van der Waals surface area contributed by atoms with Gasteiger partial charge in [0.25, 0.3) is 0 Å². The van der Waals surface area contributed by atoms with Gasteiger partial charge < -0.3 is 5.11 Å². The zero-order valence-corrected chi connectivity index (χ0v) is 8.65. The molecular formula is C11H9ClN2O. The van der Waals surface area contributed by atoms with Crippen LogP contribution in [0.5, 0.6) is 0 Å². The lowest BCUT2D eigenvalue weighted by molar-refractivity contribution is 0.282. The predicted molar refractivity (Wildman–Crippen MR) is 58.4 cm³/mol. The van der Waals surface area contributed by atoms with Gasteiger partial charge in [-0.15, -0.1) is 0 Å². The number of aromatic nitrogens is 2. The minimum atomic E-state index is -0.0982. The Balaban J connectivity index is 2.58. The fourth-order valence-electron chi connectivity index (χ4n) is 1.40. The first-order valence-corrected chi connectivity index (χ1v) is 4.84. The maximum Gasteiger partial charge on any atom is 0.0703 e. The highest BCUT2D eigenvalue weighted by molar-refractivity contribution is 6.31. The van der Waals surface area contributed by atoms with Crippen molar-refractivity contribution in [2.24, 2.45) is 0 Å². The Morgan fingerprint density at radius 1 is 1.13 bits per heavy atom. The van der Waals surface area contributed by atoms with Crippen molar-refractivity contribution in [2.45, 2.75) is 6.61 Å². The second-order valence-corrected chi connectivity index (χ2v) is 3.45. The molecule has 3 nitrogen and oxygen atoms in total. The molecule has 0 fully saturated rings. The second kappa shape index (κ2) is 4.38. The van der Waals surface area contributed by atoms with Crippen LogP contribution in [0.4, 0.5) is 0 Å². The summed E-state index contributed by atoms with van der Waals surface area (Å²) < 4.78 is 0. The topological polar surface area (TPSA) is 46.0 Å². The third-order valence-electron chi connectivity index (χ3n) is 2.15. The molecule has 0 unspecified atom stereocenters. The van der Waals surface area contributed by atoms with E-state index in [-0.39, 0.29) is 6.61 Å². The normalized spacial score (nSPS) is 10.3. The first-order chi connectivity index (χ1) is 7.33. The van der Waals surface area contributed by atoms with Gasteiger partial charge in [0.15, 0.2) is 0 Å². The molecule has 2 aromatic heterocycles. The van der Waals surface area contributed by atoms with Gasteiger partial charge in [0.05, 0.1) is 11.6 Å². The van der Waals surface area contributed by atoms with Crippen LogP contribution >= 0.6 is 11.6 Å². The van der Waals surface area contributed by atoms with Gasteiger partial charge in [-0.25, -0.2) is 0 Å². The fourth-order valence-corrected chi connectivity index (χ4v) is 1.62. The van der Waals surface area contributed by atoms with E-state index in [1.165, 1.54) is 6.20 Å². The van der Waals surface area contributed by atoms with Gasteiger partial charge in [0.2, 0.25) is 0 Å². The van der Waals surface area contributed by atoms with Crippen LogP contribution in [0, 0.1) is 0 Å². The molecule has 0 saturated carbocycles. The van der Waals surface area contributed by atoms with E-state index in [9.17, 15) is 5.11 Å². The summed E-state index contributed by atoms with van der Waals surface area (Å²) in [6.07, 6.45) is 6.60. The van der Waals surface area contributed by atoms with Gasteiger partial charge in [-0.05, 0) is 17.7 Å². The number of rotatable bonds is 2. The standard InChI is InChI=1S/C11H9ClN2O/c12-11-6-14-5-9(10(11)7-15)8-1-3-13-4-2-8/h1-6,15H,7H2. The first kappa shape index (κ1) is 10.1. The maximum absolute atomic E-state index is 9.23. The van der Waals surface area contributed by atoms with Crippen molar-refractivity contribution >= 4 is 11.6 Å². The Hall–Kier alpha value is -1.45. The van der Waals surface area contributed by atoms with E-state index in [0.29, 0.717) is 10.6 Å². The average molecular weight is 221 g/mol. The summed E-state index contributed by atoms with van der Waals surface area (Å²) in [6.45, 7) is -0.0982. The highest BCUT2D eigenvalue weighted by Crippen LogP contribution is 2.27. The summed E-state index contributed by atoms with van der Waals surface area (Å²) in [5.41, 5.74) is 2.48. The Morgan fingerprint density at radius 3 is 2.53 bits per heavy atom. The number of hydrogen-bond donors (Lipinski definition) is 1. The Morgan fingerprint density at radius 2 is 1.87 bits per heavy atom. The van der Waals surface area contributed by atoms with Crippen LogP contribution in [0.15, 0.2) is 36.9 Å². The summed E-state index contributed by atoms with van der Waals surface area (Å²) in [5, 5.41) is 9.71. The van der Waals surface area contributed by atoms with Crippen LogP contribution in [0.3, 0.4) is 0 Å². The Bertz CT molecular complexity index is 459. The molecule has 15 heavy (non-hydrogen) atoms. The number of aliphatic hydroxyl groups excluding tert-OH is 1. The molecule has 0 aliphatic carbocycles. The van der Waals surface area contributed by atoms with E-state index in [1.807, 2.05) is 12.1 Å². The van der Waals surface area contributed by atoms with Gasteiger partial charge in [0, 0.05) is 35.9 Å². The first-order valence-electron chi connectivity index (χ1n) is 4.46. The molecule has 0 aliphatic rings. The van der Waals surface area contributed by atoms with E-state index in [1.54, 1.807) is 18.6 Å². The molecule has 1 N–H and O–H groups in total. The molecular weight excluding hydrogens is 212 g/mol. The summed E-state index contributed by atoms with van der Waals surface area (Å²) >= 11 is 5.94. The van der Waals surface area contributed by atoms with Crippen LogP contribution < -0.4 is 0 Å². The molecule has 0 aliphatic heterocycles. The van der Waals surface area contributed by atoms with Gasteiger partial charge in [-0.2, -0.15) is 0 Å². The van der Waals surface area contributed by atoms with Crippen molar-refractivity contribution in [3.8, 4) is 11.1 Å². The second-order valence-electron chi connectivity index (χ2n) is 3.04. The van der Waals surface area contributed by atoms with E-state index >= 15 is 0 Å². The lowest BCUT2D eigenvalue weighted by Crippen LogP contribution is -1.92. The number of nitrogens with zero attached hydrogens (tertiary/aromatic N) is 2. The minimum absolute atomic E-state index is 0.0982. The lowest BCUT2D eigenvalue weighted by atomic mass is 10.0. The van der Waals surface area contributed by atoms with Gasteiger partial charge in [0.1, 0.15) is 0 Å². The van der Waals surface area contributed by atoms with Crippen LogP contribution in [-0.2, 0) is 6.61 Å². The molecule has 0 radical (unpaired) electrons. The summed E-state index contributed by atoms with van der Waals surface area (Å²) in [7, 11) is 0. The van der Waals surface area contributed by atoms with Crippen LogP contribution in [0.2, 0.25) is 5.02 Å². The zero-order chi connectivity index (χ0) is 10.7. The van der Waals surface area contributed by atoms with Gasteiger partial charge >= 0.3 is 0 Å². The molecule has 0 amide bonds. The zero-order valence-electron chi connectivity index (χ0n) is 7.89. The summed E-state index contributed by atoms with van der Waals surface area (Å²) in [6, 6.07) is 3.71. The number of aliphatic hydroxyl groups is 1. The Labute approximate surface area is 92.4 Å². The molecule has 0 atom stereocenters. The van der Waals surface area contributed by atoms with Gasteiger partial charge in [-0.3, -0.25) is 9.97 Å².